The van der Waals surface area contributed by atoms with Gasteiger partial charge in [0.05, 0.1) is 0 Å². The monoisotopic (exact) mass is 399 g/mol. The average Bonchev–Trinajstić information content (AvgIpc) is 3.16. The number of carbonyl (C=O) groups is 1. The lowest BCUT2D eigenvalue weighted by Gasteiger charge is -2.36. The molecule has 4 rings (SSSR count). The predicted octanol–water partition coefficient (Wildman–Crippen LogP) is 4.69. The molecule has 0 amide bonds. The molecular weight excluding hydrogens is 374 g/mol. The summed E-state index contributed by atoms with van der Waals surface area (Å²) in [5.74, 6) is -0.464. The Balaban J connectivity index is 1.91. The summed E-state index contributed by atoms with van der Waals surface area (Å²) in [5.41, 5.74) is 4.77. The Morgan fingerprint density at radius 1 is 0.900 bits per heavy atom. The number of carboxylic acids is 1. The summed E-state index contributed by atoms with van der Waals surface area (Å²) in [6.07, 6.45) is 0. The van der Waals surface area contributed by atoms with Gasteiger partial charge in [-0.3, -0.25) is 10.3 Å². The molecule has 1 atom stereocenters. The second-order valence-electron chi connectivity index (χ2n) is 8.43. The highest BCUT2D eigenvalue weighted by Crippen LogP contribution is 2.37. The van der Waals surface area contributed by atoms with Crippen LogP contribution in [0.1, 0.15) is 37.5 Å². The zero-order chi connectivity index (χ0) is 21.4. The molecule has 0 aromatic heterocycles. The van der Waals surface area contributed by atoms with Gasteiger partial charge in [-0.2, -0.15) is 5.10 Å². The Bertz CT molecular complexity index is 1070. The van der Waals surface area contributed by atoms with Crippen molar-refractivity contribution in [1.29, 1.82) is 0 Å². The quantitative estimate of drug-likeness (QED) is 0.668. The first-order chi connectivity index (χ1) is 14.3. The number of rotatable bonds is 4. The summed E-state index contributed by atoms with van der Waals surface area (Å²) >= 11 is 0. The third-order valence-electron chi connectivity index (χ3n) is 5.40. The number of hydrogen-bond acceptors (Lipinski definition) is 4. The lowest BCUT2D eigenvalue weighted by Crippen LogP contribution is -2.57. The molecule has 1 unspecified atom stereocenters. The van der Waals surface area contributed by atoms with Crippen LogP contribution < -0.4 is 10.3 Å². The van der Waals surface area contributed by atoms with Gasteiger partial charge in [0.1, 0.15) is 0 Å². The molecule has 0 fully saturated rings. The van der Waals surface area contributed by atoms with Crippen molar-refractivity contribution in [2.75, 3.05) is 4.90 Å². The van der Waals surface area contributed by atoms with Crippen LogP contribution in [0.25, 0.3) is 0 Å². The number of nitrogens with zero attached hydrogens (tertiary/aromatic N) is 2. The first-order valence-corrected chi connectivity index (χ1v) is 9.94. The van der Waals surface area contributed by atoms with Crippen LogP contribution in [0.5, 0.6) is 0 Å². The van der Waals surface area contributed by atoms with E-state index in [2.05, 4.69) is 31.3 Å². The van der Waals surface area contributed by atoms with Crippen LogP contribution >= 0.6 is 0 Å². The SMILES string of the molecule is CC(C)(C)c1ccc(N2C(c3ccccc3)=NNC2(C(=O)O)c2ccccc2)cc1. The van der Waals surface area contributed by atoms with Crippen LogP contribution in [0.3, 0.4) is 0 Å². The largest absolute Gasteiger partial charge is 0.478 e. The summed E-state index contributed by atoms with van der Waals surface area (Å²) in [5, 5.41) is 14.9. The van der Waals surface area contributed by atoms with Crippen LogP contribution in [-0.2, 0) is 15.9 Å². The molecule has 1 heterocycles. The number of hydrogen-bond donors (Lipinski definition) is 2. The first-order valence-electron chi connectivity index (χ1n) is 9.94. The smallest absolute Gasteiger partial charge is 0.357 e. The second-order valence-corrected chi connectivity index (χ2v) is 8.43. The number of benzene rings is 3. The van der Waals surface area contributed by atoms with Crippen molar-refractivity contribution in [2.24, 2.45) is 5.10 Å². The van der Waals surface area contributed by atoms with Gasteiger partial charge in [-0.05, 0) is 23.1 Å². The molecule has 0 spiro atoms. The summed E-state index contributed by atoms with van der Waals surface area (Å²) in [7, 11) is 0. The van der Waals surface area contributed by atoms with E-state index in [0.717, 1.165) is 11.3 Å². The van der Waals surface area contributed by atoms with E-state index in [4.69, 9.17) is 0 Å². The molecule has 5 heteroatoms. The van der Waals surface area contributed by atoms with Crippen LogP contribution in [0.4, 0.5) is 5.69 Å². The molecule has 1 aliphatic rings. The normalized spacial score (nSPS) is 18.6. The van der Waals surface area contributed by atoms with Gasteiger partial charge in [-0.1, -0.05) is 93.6 Å². The highest BCUT2D eigenvalue weighted by atomic mass is 16.4. The van der Waals surface area contributed by atoms with Crippen molar-refractivity contribution in [3.05, 3.63) is 102 Å². The Kier molecular flexibility index (Phi) is 4.82. The van der Waals surface area contributed by atoms with E-state index in [1.165, 1.54) is 5.56 Å². The Hall–Kier alpha value is -3.60. The van der Waals surface area contributed by atoms with Crippen molar-refractivity contribution < 1.29 is 9.90 Å². The minimum Gasteiger partial charge on any atom is -0.478 e. The highest BCUT2D eigenvalue weighted by Gasteiger charge is 2.52. The van der Waals surface area contributed by atoms with Crippen LogP contribution in [0.15, 0.2) is 90.0 Å². The first kappa shape index (κ1) is 19.7. The van der Waals surface area contributed by atoms with E-state index < -0.39 is 11.6 Å². The Labute approximate surface area is 176 Å². The molecule has 0 aliphatic carbocycles. The van der Waals surface area contributed by atoms with Crippen molar-refractivity contribution in [2.45, 2.75) is 31.8 Å². The van der Waals surface area contributed by atoms with Crippen molar-refractivity contribution >= 4 is 17.5 Å². The fourth-order valence-electron chi connectivity index (χ4n) is 3.74. The summed E-state index contributed by atoms with van der Waals surface area (Å²) < 4.78 is 0. The molecule has 0 saturated heterocycles. The maximum absolute atomic E-state index is 12.7. The van der Waals surface area contributed by atoms with E-state index in [1.54, 1.807) is 17.0 Å². The molecular formula is C25H25N3O2. The maximum Gasteiger partial charge on any atom is 0.357 e. The molecule has 0 radical (unpaired) electrons. The molecule has 0 saturated carbocycles. The Morgan fingerprint density at radius 3 is 2.00 bits per heavy atom. The fourth-order valence-corrected chi connectivity index (χ4v) is 3.74. The average molecular weight is 399 g/mol. The topological polar surface area (TPSA) is 64.9 Å². The molecule has 152 valence electrons. The third-order valence-corrected chi connectivity index (χ3v) is 5.40. The van der Waals surface area contributed by atoms with E-state index in [9.17, 15) is 9.90 Å². The Morgan fingerprint density at radius 2 is 1.47 bits per heavy atom. The molecule has 30 heavy (non-hydrogen) atoms. The number of carboxylic acid groups (broad SMARTS) is 1. The number of nitrogens with one attached hydrogen (secondary N) is 1. The predicted molar refractivity (Wildman–Crippen MR) is 119 cm³/mol. The van der Waals surface area contributed by atoms with Crippen LogP contribution in [0.2, 0.25) is 0 Å². The number of aliphatic carboxylic acids is 1. The molecule has 1 aliphatic heterocycles. The van der Waals surface area contributed by atoms with Crippen LogP contribution in [0, 0.1) is 0 Å². The van der Waals surface area contributed by atoms with Crippen molar-refractivity contribution in [3.63, 3.8) is 0 Å². The van der Waals surface area contributed by atoms with Crippen molar-refractivity contribution in [3.8, 4) is 0 Å². The maximum atomic E-state index is 12.7. The number of amidine groups is 1. The third kappa shape index (κ3) is 3.22. The number of hydrazone groups is 1. The molecule has 0 bridgehead atoms. The van der Waals surface area contributed by atoms with Gasteiger partial charge in [0.25, 0.3) is 5.66 Å². The lowest BCUT2D eigenvalue weighted by atomic mass is 9.87. The van der Waals surface area contributed by atoms with E-state index in [-0.39, 0.29) is 5.41 Å². The number of anilines is 1. The fraction of sp³-hybridized carbons (Fsp3) is 0.200. The molecule has 3 aromatic rings. The summed E-state index contributed by atoms with van der Waals surface area (Å²) in [6.45, 7) is 6.46. The molecule has 5 nitrogen and oxygen atoms in total. The zero-order valence-electron chi connectivity index (χ0n) is 17.3. The molecule has 2 N–H and O–H groups in total. The van der Waals surface area contributed by atoms with Gasteiger partial charge in [0, 0.05) is 16.8 Å². The van der Waals surface area contributed by atoms with Crippen molar-refractivity contribution in [1.82, 2.24) is 5.43 Å². The highest BCUT2D eigenvalue weighted by molar-refractivity contribution is 6.15. The standard InChI is InChI=1S/C25H25N3O2/c1-24(2,3)19-14-16-21(17-15-19)28-22(18-10-6-4-7-11-18)26-27-25(28,23(29)30)20-12-8-5-9-13-20/h4-17,27H,1-3H3,(H,29,30). The zero-order valence-corrected chi connectivity index (χ0v) is 17.3. The van der Waals surface area contributed by atoms with E-state index >= 15 is 0 Å². The van der Waals surface area contributed by atoms with E-state index in [0.29, 0.717) is 11.4 Å². The van der Waals surface area contributed by atoms with Crippen LogP contribution in [-0.4, -0.2) is 16.9 Å². The second kappa shape index (κ2) is 7.34. The van der Waals surface area contributed by atoms with Gasteiger partial charge in [-0.25, -0.2) is 4.79 Å². The summed E-state index contributed by atoms with van der Waals surface area (Å²) in [4.78, 5) is 14.5. The van der Waals surface area contributed by atoms with E-state index in [1.807, 2.05) is 72.8 Å². The van der Waals surface area contributed by atoms with Gasteiger partial charge >= 0.3 is 5.97 Å². The van der Waals surface area contributed by atoms with Gasteiger partial charge in [-0.15, -0.1) is 0 Å². The van der Waals surface area contributed by atoms with Gasteiger partial charge < -0.3 is 5.11 Å². The minimum absolute atomic E-state index is 0.00144. The van der Waals surface area contributed by atoms with Gasteiger partial charge in [0.2, 0.25) is 0 Å². The molecule has 3 aromatic carbocycles. The van der Waals surface area contributed by atoms with Gasteiger partial charge in [0.15, 0.2) is 5.84 Å². The summed E-state index contributed by atoms with van der Waals surface area (Å²) in [6, 6.07) is 26.8. The minimum atomic E-state index is -1.55. The lowest BCUT2D eigenvalue weighted by molar-refractivity contribution is -0.144.